The Morgan fingerprint density at radius 2 is 1.34 bits per heavy atom. The highest BCUT2D eigenvalue weighted by atomic mass is 15.0. The van der Waals surface area contributed by atoms with Gasteiger partial charge in [0.05, 0.1) is 11.0 Å². The molecule has 5 heteroatoms. The molecule has 0 saturated carbocycles. The van der Waals surface area contributed by atoms with Gasteiger partial charge in [-0.25, -0.2) is 19.9 Å². The highest BCUT2D eigenvalue weighted by Crippen LogP contribution is 2.39. The molecule has 1 aliphatic carbocycles. The van der Waals surface area contributed by atoms with E-state index in [0.717, 1.165) is 84.8 Å². The second-order valence-electron chi connectivity index (χ2n) is 12.7. The Hall–Kier alpha value is -6.51. The van der Waals surface area contributed by atoms with Crippen LogP contribution in [0, 0.1) is 26.0 Å². The van der Waals surface area contributed by atoms with Crippen molar-refractivity contribution in [2.75, 3.05) is 0 Å². The number of nitrogens with zero attached hydrogens (tertiary/aromatic N) is 5. The van der Waals surface area contributed by atoms with E-state index in [4.69, 9.17) is 24.9 Å². The normalized spacial score (nSPS) is 12.9. The van der Waals surface area contributed by atoms with Gasteiger partial charge in [0.15, 0.2) is 17.5 Å². The summed E-state index contributed by atoms with van der Waals surface area (Å²) >= 11 is 0. The molecule has 0 aliphatic heterocycles. The van der Waals surface area contributed by atoms with Gasteiger partial charge in [0.1, 0.15) is 0 Å². The lowest BCUT2D eigenvalue weighted by atomic mass is 9.91. The lowest BCUT2D eigenvalue weighted by Crippen LogP contribution is -2.06. The zero-order valence-electron chi connectivity index (χ0n) is 27.8. The fourth-order valence-corrected chi connectivity index (χ4v) is 7.10. The summed E-state index contributed by atoms with van der Waals surface area (Å²) in [7, 11) is 0. The first-order chi connectivity index (χ1) is 24.6. The van der Waals surface area contributed by atoms with Crippen molar-refractivity contribution in [3.63, 3.8) is 0 Å². The van der Waals surface area contributed by atoms with E-state index in [-0.39, 0.29) is 0 Å². The quantitative estimate of drug-likeness (QED) is 0.138. The second kappa shape index (κ2) is 12.2. The van der Waals surface area contributed by atoms with Crippen molar-refractivity contribution in [3.8, 4) is 33.9 Å². The molecule has 3 heterocycles. The second-order valence-corrected chi connectivity index (χ2v) is 12.7. The number of aryl methyl sites for hydroxylation is 2. The highest BCUT2D eigenvalue weighted by Gasteiger charge is 2.20. The van der Waals surface area contributed by atoms with Gasteiger partial charge in [0, 0.05) is 55.4 Å². The Morgan fingerprint density at radius 1 is 0.580 bits per heavy atom. The molecule has 8 aromatic rings. The lowest BCUT2D eigenvalue weighted by molar-refractivity contribution is 0.979. The van der Waals surface area contributed by atoms with E-state index >= 15 is 0 Å². The molecular weight excluding hydrogens is 611 g/mol. The summed E-state index contributed by atoms with van der Waals surface area (Å²) in [5.74, 6) is 1.91. The number of aromatic nitrogens is 5. The predicted molar refractivity (Wildman–Crippen MR) is 203 cm³/mol. The van der Waals surface area contributed by atoms with Gasteiger partial charge >= 0.3 is 0 Å². The van der Waals surface area contributed by atoms with Crippen LogP contribution in [0.3, 0.4) is 0 Å². The SMILES string of the molecule is Cc1ccc(C2=C(c3nc(-c4cc#ccc4)nc(-c4ccc(-c5c6ccccc6nc6c5ccc5ccccc56)cc4)n3)CCC=C2)c(C)n1. The van der Waals surface area contributed by atoms with Crippen molar-refractivity contribution in [1.29, 1.82) is 0 Å². The summed E-state index contributed by atoms with van der Waals surface area (Å²) in [5, 5.41) is 4.58. The van der Waals surface area contributed by atoms with Gasteiger partial charge < -0.3 is 0 Å². The molecule has 236 valence electrons. The average Bonchev–Trinajstić information content (AvgIpc) is 3.17. The van der Waals surface area contributed by atoms with Gasteiger partial charge in [-0.05, 0) is 73.5 Å². The largest absolute Gasteiger partial charge is 0.258 e. The van der Waals surface area contributed by atoms with Crippen molar-refractivity contribution >= 4 is 43.7 Å². The molecule has 0 N–H and O–H groups in total. The Balaban J connectivity index is 1.21. The van der Waals surface area contributed by atoms with E-state index in [1.165, 1.54) is 10.9 Å². The van der Waals surface area contributed by atoms with Crippen LogP contribution in [0.15, 0.2) is 127 Å². The van der Waals surface area contributed by atoms with E-state index in [9.17, 15) is 0 Å². The lowest BCUT2D eigenvalue weighted by Gasteiger charge is -2.18. The van der Waals surface area contributed by atoms with Crippen molar-refractivity contribution < 1.29 is 0 Å². The molecule has 0 bridgehead atoms. The molecule has 50 heavy (non-hydrogen) atoms. The first kappa shape index (κ1) is 29.6. The van der Waals surface area contributed by atoms with Crippen LogP contribution < -0.4 is 0 Å². The summed E-state index contributed by atoms with van der Waals surface area (Å²) in [6, 6.07) is 45.8. The summed E-state index contributed by atoms with van der Waals surface area (Å²) in [6.45, 7) is 4.09. The molecule has 0 fully saturated rings. The third kappa shape index (κ3) is 5.19. The molecule has 9 rings (SSSR count). The van der Waals surface area contributed by atoms with Crippen LogP contribution in [0.1, 0.15) is 35.6 Å². The summed E-state index contributed by atoms with van der Waals surface area (Å²) in [5.41, 5.74) is 11.3. The van der Waals surface area contributed by atoms with Crippen LogP contribution >= 0.6 is 0 Å². The van der Waals surface area contributed by atoms with E-state index in [0.29, 0.717) is 17.5 Å². The topological polar surface area (TPSA) is 64.5 Å². The average molecular weight is 642 g/mol. The Bertz CT molecular complexity index is 2660. The van der Waals surface area contributed by atoms with Crippen LogP contribution in [-0.2, 0) is 0 Å². The maximum Gasteiger partial charge on any atom is 0.164 e. The molecule has 0 atom stereocenters. The number of rotatable bonds is 5. The van der Waals surface area contributed by atoms with Gasteiger partial charge in [-0.2, -0.15) is 0 Å². The summed E-state index contributed by atoms with van der Waals surface area (Å²) in [4.78, 5) is 25.1. The van der Waals surface area contributed by atoms with Gasteiger partial charge in [0.2, 0.25) is 0 Å². The monoisotopic (exact) mass is 641 g/mol. The maximum absolute atomic E-state index is 5.15. The minimum Gasteiger partial charge on any atom is -0.258 e. The fraction of sp³-hybridized carbons (Fsp3) is 0.0889. The van der Waals surface area contributed by atoms with Crippen molar-refractivity contribution in [3.05, 3.63) is 162 Å². The Labute approximate surface area is 290 Å². The van der Waals surface area contributed by atoms with Gasteiger partial charge in [0.25, 0.3) is 0 Å². The van der Waals surface area contributed by atoms with Crippen LogP contribution in [0.25, 0.3) is 77.6 Å². The Kier molecular flexibility index (Phi) is 7.21. The molecule has 5 nitrogen and oxygen atoms in total. The minimum absolute atomic E-state index is 0.609. The number of para-hydroxylation sites is 1. The van der Waals surface area contributed by atoms with E-state index in [1.807, 2.05) is 25.1 Å². The third-order valence-corrected chi connectivity index (χ3v) is 9.51. The van der Waals surface area contributed by atoms with Crippen molar-refractivity contribution in [2.24, 2.45) is 0 Å². The smallest absolute Gasteiger partial charge is 0.164 e. The molecular formula is C45H31N5. The molecule has 0 radical (unpaired) electrons. The summed E-state index contributed by atoms with van der Waals surface area (Å²) < 4.78 is 0. The zero-order chi connectivity index (χ0) is 33.6. The van der Waals surface area contributed by atoms with Crippen LogP contribution in [-0.4, -0.2) is 24.9 Å². The standard InChI is InChI=1S/C45H31N5/c1-28-20-26-34(29(2)46-28)36-16-8-9-17-37(36)45-49-43(32-13-4-3-5-14-32)48-44(50-45)33-23-21-31(22-24-33)41-38-18-10-11-19-40(38)47-42-35-15-7-6-12-30(35)25-27-39(41)42/h4,6-8,10-16,18-27H,9,17H2,1-2H3. The molecule has 0 unspecified atom stereocenters. The molecule has 5 aromatic carbocycles. The van der Waals surface area contributed by atoms with Crippen molar-refractivity contribution in [1.82, 2.24) is 24.9 Å². The van der Waals surface area contributed by atoms with Crippen molar-refractivity contribution in [2.45, 2.75) is 26.7 Å². The van der Waals surface area contributed by atoms with E-state index < -0.39 is 0 Å². The van der Waals surface area contributed by atoms with Crippen LogP contribution in [0.5, 0.6) is 0 Å². The first-order valence-electron chi connectivity index (χ1n) is 16.9. The molecule has 3 aromatic heterocycles. The summed E-state index contributed by atoms with van der Waals surface area (Å²) in [6.07, 6.45) is 6.15. The number of hydrogen-bond acceptors (Lipinski definition) is 5. The third-order valence-electron chi connectivity index (χ3n) is 9.51. The van der Waals surface area contributed by atoms with Crippen LogP contribution in [0.2, 0.25) is 0 Å². The fourth-order valence-electron chi connectivity index (χ4n) is 7.10. The van der Waals surface area contributed by atoms with E-state index in [2.05, 4.69) is 128 Å². The van der Waals surface area contributed by atoms with Gasteiger partial charge in [-0.15, -0.1) is 0 Å². The molecule has 0 saturated heterocycles. The molecule has 1 aliphatic rings. The number of pyridine rings is 2. The van der Waals surface area contributed by atoms with E-state index in [1.54, 1.807) is 0 Å². The number of fused-ring (bicyclic) bond motifs is 4. The predicted octanol–water partition coefficient (Wildman–Crippen LogP) is 10.6. The Morgan fingerprint density at radius 3 is 2.16 bits per heavy atom. The zero-order valence-corrected chi connectivity index (χ0v) is 27.8. The first-order valence-corrected chi connectivity index (χ1v) is 16.9. The van der Waals surface area contributed by atoms with Crippen LogP contribution in [0.4, 0.5) is 0 Å². The molecule has 0 amide bonds. The van der Waals surface area contributed by atoms with Gasteiger partial charge in [-0.3, -0.25) is 4.98 Å². The highest BCUT2D eigenvalue weighted by molar-refractivity contribution is 6.16. The van der Waals surface area contributed by atoms with Gasteiger partial charge in [-0.1, -0.05) is 109 Å². The molecule has 0 spiro atoms. The number of allylic oxidation sites excluding steroid dienone is 4. The number of benzene rings is 4. The number of hydrogen-bond donors (Lipinski definition) is 0. The minimum atomic E-state index is 0.609. The maximum atomic E-state index is 5.15.